The summed E-state index contributed by atoms with van der Waals surface area (Å²) >= 11 is 5.91. The molecule has 0 aliphatic rings. The third-order valence-corrected chi connectivity index (χ3v) is 3.09. The van der Waals surface area contributed by atoms with Gasteiger partial charge in [0.2, 0.25) is 5.91 Å². The lowest BCUT2D eigenvalue weighted by molar-refractivity contribution is -0.116. The molecule has 5 heteroatoms. The molecule has 0 bridgehead atoms. The molecule has 0 unspecified atom stereocenters. The topological polar surface area (TPSA) is 55.4 Å². The van der Waals surface area contributed by atoms with Crippen molar-refractivity contribution in [2.24, 2.45) is 5.41 Å². The van der Waals surface area contributed by atoms with Gasteiger partial charge in [0.15, 0.2) is 0 Å². The molecular weight excluding hydrogens is 278 g/mol. The average Bonchev–Trinajstić information content (AvgIpc) is 2.37. The predicted octanol–water partition coefficient (Wildman–Crippen LogP) is 3.89. The van der Waals surface area contributed by atoms with Gasteiger partial charge >= 0.3 is 5.97 Å². The highest BCUT2D eigenvalue weighted by atomic mass is 35.5. The van der Waals surface area contributed by atoms with E-state index in [4.69, 9.17) is 11.6 Å². The van der Waals surface area contributed by atoms with E-state index in [1.807, 2.05) is 0 Å². The zero-order chi connectivity index (χ0) is 15.3. The number of methoxy groups -OCH3 is 1. The Morgan fingerprint density at radius 3 is 2.50 bits per heavy atom. The van der Waals surface area contributed by atoms with Crippen molar-refractivity contribution in [2.75, 3.05) is 12.4 Å². The second kappa shape index (κ2) is 6.75. The van der Waals surface area contributed by atoms with Crippen LogP contribution in [-0.4, -0.2) is 19.0 Å². The Bertz CT molecular complexity index is 506. The molecule has 0 saturated heterocycles. The summed E-state index contributed by atoms with van der Waals surface area (Å²) in [6, 6.07) is 4.74. The van der Waals surface area contributed by atoms with Crippen molar-refractivity contribution in [1.82, 2.24) is 0 Å². The summed E-state index contributed by atoms with van der Waals surface area (Å²) in [6.07, 6.45) is 1.22. The molecule has 1 aromatic rings. The Kier molecular flexibility index (Phi) is 5.57. The summed E-state index contributed by atoms with van der Waals surface area (Å²) in [5, 5.41) is 3.05. The second-order valence-electron chi connectivity index (χ2n) is 5.80. The molecule has 110 valence electrons. The normalized spacial score (nSPS) is 11.1. The van der Waals surface area contributed by atoms with Gasteiger partial charge in [-0.1, -0.05) is 32.4 Å². The number of hydrogen-bond donors (Lipinski definition) is 1. The summed E-state index contributed by atoms with van der Waals surface area (Å²) in [4.78, 5) is 23.3. The number of carbonyl (C=O) groups is 2. The van der Waals surface area contributed by atoms with Crippen LogP contribution < -0.4 is 5.32 Å². The smallest absolute Gasteiger partial charge is 0.339 e. The first-order valence-electron chi connectivity index (χ1n) is 6.40. The van der Waals surface area contributed by atoms with Crippen molar-refractivity contribution < 1.29 is 14.3 Å². The molecule has 0 fully saturated rings. The molecule has 0 aliphatic heterocycles. The van der Waals surface area contributed by atoms with Crippen molar-refractivity contribution in [3.8, 4) is 0 Å². The number of benzene rings is 1. The van der Waals surface area contributed by atoms with Crippen LogP contribution in [0.2, 0.25) is 5.02 Å². The van der Waals surface area contributed by atoms with Crippen LogP contribution in [-0.2, 0) is 9.53 Å². The molecular formula is C15H20ClNO3. The Morgan fingerprint density at radius 1 is 1.30 bits per heavy atom. The van der Waals surface area contributed by atoms with Gasteiger partial charge in [-0.25, -0.2) is 4.79 Å². The zero-order valence-electron chi connectivity index (χ0n) is 12.2. The van der Waals surface area contributed by atoms with Gasteiger partial charge in [-0.05, 0) is 30.0 Å². The van der Waals surface area contributed by atoms with Gasteiger partial charge in [0.05, 0.1) is 17.7 Å². The quantitative estimate of drug-likeness (QED) is 0.858. The SMILES string of the molecule is COC(=O)c1cc(NC(=O)CCC(C)(C)C)ccc1Cl. The Labute approximate surface area is 124 Å². The summed E-state index contributed by atoms with van der Waals surface area (Å²) in [5.41, 5.74) is 0.880. The lowest BCUT2D eigenvalue weighted by Crippen LogP contribution is -2.16. The van der Waals surface area contributed by atoms with Gasteiger partial charge in [-0.3, -0.25) is 4.79 Å². The third kappa shape index (κ3) is 5.21. The minimum atomic E-state index is -0.527. The molecule has 0 heterocycles. The molecule has 1 N–H and O–H groups in total. The monoisotopic (exact) mass is 297 g/mol. The van der Waals surface area contributed by atoms with Crippen LogP contribution in [0.4, 0.5) is 5.69 Å². The summed E-state index contributed by atoms with van der Waals surface area (Å²) in [6.45, 7) is 6.24. The molecule has 1 aromatic carbocycles. The van der Waals surface area contributed by atoms with E-state index in [9.17, 15) is 9.59 Å². The number of esters is 1. The van der Waals surface area contributed by atoms with E-state index < -0.39 is 5.97 Å². The fourth-order valence-corrected chi connectivity index (χ4v) is 1.78. The number of nitrogens with one attached hydrogen (secondary N) is 1. The molecule has 0 spiro atoms. The van der Waals surface area contributed by atoms with Gasteiger partial charge in [0, 0.05) is 12.1 Å². The van der Waals surface area contributed by atoms with E-state index in [1.165, 1.54) is 13.2 Å². The van der Waals surface area contributed by atoms with Crippen LogP contribution in [0.3, 0.4) is 0 Å². The third-order valence-electron chi connectivity index (χ3n) is 2.76. The van der Waals surface area contributed by atoms with Crippen LogP contribution in [0.15, 0.2) is 18.2 Å². The fraction of sp³-hybridized carbons (Fsp3) is 0.467. The number of halogens is 1. The van der Waals surface area contributed by atoms with E-state index in [2.05, 4.69) is 30.8 Å². The van der Waals surface area contributed by atoms with Gasteiger partial charge in [0.1, 0.15) is 0 Å². The highest BCUT2D eigenvalue weighted by Crippen LogP contribution is 2.23. The highest BCUT2D eigenvalue weighted by Gasteiger charge is 2.15. The summed E-state index contributed by atoms with van der Waals surface area (Å²) < 4.78 is 4.63. The fourth-order valence-electron chi connectivity index (χ4n) is 1.58. The average molecular weight is 298 g/mol. The van der Waals surface area contributed by atoms with E-state index in [1.54, 1.807) is 12.1 Å². The molecule has 1 amide bonds. The molecule has 0 radical (unpaired) electrons. The predicted molar refractivity (Wildman–Crippen MR) is 80.1 cm³/mol. The number of hydrogen-bond acceptors (Lipinski definition) is 3. The van der Waals surface area contributed by atoms with Crippen LogP contribution in [0.1, 0.15) is 44.0 Å². The maximum Gasteiger partial charge on any atom is 0.339 e. The van der Waals surface area contributed by atoms with E-state index in [-0.39, 0.29) is 16.9 Å². The molecule has 4 nitrogen and oxygen atoms in total. The van der Waals surface area contributed by atoms with Crippen molar-refractivity contribution in [3.63, 3.8) is 0 Å². The van der Waals surface area contributed by atoms with Crippen molar-refractivity contribution in [2.45, 2.75) is 33.6 Å². The molecule has 1 rings (SSSR count). The van der Waals surface area contributed by atoms with Crippen LogP contribution in [0, 0.1) is 5.41 Å². The largest absolute Gasteiger partial charge is 0.465 e. The molecule has 0 atom stereocenters. The standard InChI is InChI=1S/C15H20ClNO3/c1-15(2,3)8-7-13(18)17-10-5-6-12(16)11(9-10)14(19)20-4/h5-6,9H,7-8H2,1-4H3,(H,17,18). The second-order valence-corrected chi connectivity index (χ2v) is 6.20. The molecule has 0 saturated carbocycles. The minimum Gasteiger partial charge on any atom is -0.465 e. The van der Waals surface area contributed by atoms with Crippen molar-refractivity contribution in [3.05, 3.63) is 28.8 Å². The summed E-state index contributed by atoms with van der Waals surface area (Å²) in [5.74, 6) is -0.612. The maximum atomic E-state index is 11.8. The Balaban J connectivity index is 2.73. The number of carbonyl (C=O) groups excluding carboxylic acids is 2. The number of rotatable bonds is 4. The lowest BCUT2D eigenvalue weighted by Gasteiger charge is -2.17. The van der Waals surface area contributed by atoms with E-state index in [0.717, 1.165) is 6.42 Å². The van der Waals surface area contributed by atoms with Crippen LogP contribution >= 0.6 is 11.6 Å². The van der Waals surface area contributed by atoms with Crippen molar-refractivity contribution >= 4 is 29.2 Å². The molecule has 20 heavy (non-hydrogen) atoms. The minimum absolute atomic E-state index is 0.0851. The summed E-state index contributed by atoms with van der Waals surface area (Å²) in [7, 11) is 1.28. The van der Waals surface area contributed by atoms with E-state index in [0.29, 0.717) is 17.1 Å². The first-order valence-corrected chi connectivity index (χ1v) is 6.78. The zero-order valence-corrected chi connectivity index (χ0v) is 13.0. The highest BCUT2D eigenvalue weighted by molar-refractivity contribution is 6.33. The molecule has 0 aliphatic carbocycles. The van der Waals surface area contributed by atoms with Gasteiger partial charge in [0.25, 0.3) is 0 Å². The van der Waals surface area contributed by atoms with Gasteiger partial charge in [-0.15, -0.1) is 0 Å². The lowest BCUT2D eigenvalue weighted by atomic mass is 9.90. The van der Waals surface area contributed by atoms with Crippen LogP contribution in [0.5, 0.6) is 0 Å². The van der Waals surface area contributed by atoms with Crippen molar-refractivity contribution in [1.29, 1.82) is 0 Å². The first-order chi connectivity index (χ1) is 9.23. The Morgan fingerprint density at radius 2 is 1.95 bits per heavy atom. The van der Waals surface area contributed by atoms with Crippen LogP contribution in [0.25, 0.3) is 0 Å². The number of ether oxygens (including phenoxy) is 1. The van der Waals surface area contributed by atoms with Gasteiger partial charge < -0.3 is 10.1 Å². The first kappa shape index (κ1) is 16.5. The van der Waals surface area contributed by atoms with E-state index >= 15 is 0 Å². The number of amides is 1. The molecule has 0 aromatic heterocycles. The number of anilines is 1. The Hall–Kier alpha value is -1.55. The maximum absolute atomic E-state index is 11.8. The van der Waals surface area contributed by atoms with Gasteiger partial charge in [-0.2, -0.15) is 0 Å².